The summed E-state index contributed by atoms with van der Waals surface area (Å²) in [7, 11) is 0. The van der Waals surface area contributed by atoms with Gasteiger partial charge in [0.15, 0.2) is 0 Å². The number of nitrogens with zero attached hydrogens (tertiary/aromatic N) is 3. The summed E-state index contributed by atoms with van der Waals surface area (Å²) in [5, 5.41) is 12.6. The van der Waals surface area contributed by atoms with Gasteiger partial charge in [0.05, 0.1) is 0 Å². The van der Waals surface area contributed by atoms with E-state index in [-0.39, 0.29) is 25.6 Å². The minimum absolute atomic E-state index is 0.194. The summed E-state index contributed by atoms with van der Waals surface area (Å²) in [4.78, 5) is 0. The van der Waals surface area contributed by atoms with Crippen LogP contribution in [0.1, 0.15) is 122 Å². The molecular weight excluding hydrogens is 589 g/mol. The van der Waals surface area contributed by atoms with Crippen LogP contribution >= 0.6 is 0 Å². The van der Waals surface area contributed by atoms with E-state index in [1.54, 1.807) is 30.3 Å². The molecule has 2 aliphatic rings. The predicted molar refractivity (Wildman–Crippen MR) is 180 cm³/mol. The first-order valence-electron chi connectivity index (χ1n) is 26.3. The summed E-state index contributed by atoms with van der Waals surface area (Å²) >= 11 is -0.340. The molecule has 214 valence electrons. The van der Waals surface area contributed by atoms with Gasteiger partial charge in [-0.3, -0.25) is 0 Å². The molecule has 0 N–H and O–H groups in total. The fraction of sp³-hybridized carbons (Fsp3) is 0.308. The van der Waals surface area contributed by atoms with Crippen molar-refractivity contribution in [1.29, 1.82) is 0 Å². The molecule has 4 atom stereocenters. The summed E-state index contributed by atoms with van der Waals surface area (Å²) in [5.74, 6) is -8.18. The fourth-order valence-electron chi connectivity index (χ4n) is 5.30. The fourth-order valence-corrected chi connectivity index (χ4v) is 7.68. The van der Waals surface area contributed by atoms with Crippen LogP contribution in [0.5, 0.6) is 0 Å². The molecule has 2 aromatic heterocycles. The van der Waals surface area contributed by atoms with E-state index in [2.05, 4.69) is 15.4 Å². The maximum absolute atomic E-state index is 10.1. The van der Waals surface area contributed by atoms with Crippen molar-refractivity contribution >= 4 is 33.8 Å². The van der Waals surface area contributed by atoms with E-state index < -0.39 is 145 Å². The molecule has 0 aliphatic heterocycles. The number of rotatable bonds is 5. The van der Waals surface area contributed by atoms with Crippen LogP contribution in [0.4, 0.5) is 0 Å². The van der Waals surface area contributed by atoms with Crippen LogP contribution in [-0.4, -0.2) is 29.9 Å². The van der Waals surface area contributed by atoms with Gasteiger partial charge in [0, 0.05) is 11.0 Å². The number of hydrogen-bond donors (Lipinski definition) is 0. The Kier molecular flexibility index (Phi) is 3.05. The van der Waals surface area contributed by atoms with Crippen molar-refractivity contribution in [1.82, 2.24) is 15.4 Å². The van der Waals surface area contributed by atoms with Crippen LogP contribution in [0.3, 0.4) is 0 Å². The number of hydrogen-bond acceptors (Lipinski definition) is 3. The zero-order chi connectivity index (χ0) is 51.7. The average molecular weight is 653 g/mol. The molecule has 4 heteroatoms. The Labute approximate surface area is 296 Å². The summed E-state index contributed by atoms with van der Waals surface area (Å²) in [6.07, 6.45) is -39.0. The second-order valence-corrected chi connectivity index (χ2v) is 11.7. The first-order valence-corrected chi connectivity index (χ1v) is 14.9. The van der Waals surface area contributed by atoms with Gasteiger partial charge in [-0.2, -0.15) is 0 Å². The third-order valence-corrected chi connectivity index (χ3v) is 9.44. The number of fused-ring (bicyclic) bond motifs is 3. The van der Waals surface area contributed by atoms with Gasteiger partial charge in [-0.05, 0) is 0 Å². The van der Waals surface area contributed by atoms with Crippen molar-refractivity contribution in [3.05, 3.63) is 102 Å². The molecule has 0 radical (unpaired) electrons. The van der Waals surface area contributed by atoms with Crippen molar-refractivity contribution in [2.45, 2.75) is 75.6 Å². The molecule has 4 unspecified atom stereocenters. The van der Waals surface area contributed by atoms with Crippen LogP contribution in [-0.2, 0) is 0 Å². The van der Waals surface area contributed by atoms with Crippen LogP contribution in [0.2, 0.25) is 0 Å². The molecule has 0 amide bonds. The van der Waals surface area contributed by atoms with Crippen molar-refractivity contribution < 1.29 is 35.6 Å². The Morgan fingerprint density at radius 2 is 1.47 bits per heavy atom. The Hall–Kier alpha value is -3.59. The summed E-state index contributed by atoms with van der Waals surface area (Å²) in [6.45, 7) is 0. The van der Waals surface area contributed by atoms with E-state index in [1.807, 2.05) is 12.1 Å². The van der Waals surface area contributed by atoms with Crippen molar-refractivity contribution in [2.24, 2.45) is 0 Å². The minimum atomic E-state index is -4.27. The average Bonchev–Trinajstić information content (AvgIpc) is 3.67. The Morgan fingerprint density at radius 3 is 2.35 bits per heavy atom. The van der Waals surface area contributed by atoms with E-state index >= 15 is 0 Å². The Morgan fingerprint density at radius 1 is 0.698 bits per heavy atom. The van der Waals surface area contributed by atoms with Crippen molar-refractivity contribution in [3.8, 4) is 33.5 Å². The molecule has 3 nitrogen and oxygen atoms in total. The van der Waals surface area contributed by atoms with E-state index in [1.165, 1.54) is 0 Å². The second-order valence-electron chi connectivity index (χ2n) is 9.43. The zero-order valence-corrected chi connectivity index (χ0v) is 23.8. The molecule has 2 saturated carbocycles. The van der Waals surface area contributed by atoms with E-state index in [9.17, 15) is 11.0 Å². The molecule has 0 spiro atoms. The monoisotopic (exact) mass is 653 g/mol. The normalized spacial score (nSPS) is 44.2. The molecule has 2 fully saturated rings. The molecule has 4 aromatic carbocycles. The van der Waals surface area contributed by atoms with Crippen LogP contribution in [0.15, 0.2) is 90.9 Å². The second kappa shape index (κ2) is 11.8. The van der Waals surface area contributed by atoms with Gasteiger partial charge in [-0.15, -0.1) is 0 Å². The molecule has 2 heterocycles. The zero-order valence-electron chi connectivity index (χ0n) is 48.1. The van der Waals surface area contributed by atoms with Crippen molar-refractivity contribution in [3.63, 3.8) is 0 Å². The molecule has 6 aromatic rings. The van der Waals surface area contributed by atoms with E-state index in [0.29, 0.717) is 10.8 Å². The molecule has 2 aliphatic carbocycles. The van der Waals surface area contributed by atoms with Gasteiger partial charge >= 0.3 is 279 Å². The van der Waals surface area contributed by atoms with Gasteiger partial charge in [-0.1, -0.05) is 6.37 Å². The van der Waals surface area contributed by atoms with Crippen LogP contribution in [0.25, 0.3) is 52.8 Å². The first kappa shape index (κ1) is 11.1. The number of aromatic nitrogens is 3. The predicted octanol–water partition coefficient (Wildman–Crippen LogP) is 10.3. The molecule has 0 saturated heterocycles. The third kappa shape index (κ3) is 4.95. The van der Waals surface area contributed by atoms with E-state index in [4.69, 9.17) is 24.7 Å². The first-order chi connectivity index (χ1) is 31.4. The van der Waals surface area contributed by atoms with Gasteiger partial charge in [0.1, 0.15) is 0 Å². The standard InChI is InChI=1S/C39H37N3Se/c1-4-14-26(15-5-1)35-29(30-22-13-25-34-37(30)31-20-10-11-24-33(31)43-34)21-12-23-32(35)39-36(27-16-6-2-7-17-27)38(40-42-41-39)28-18-8-3-9-19-28/h1,4-5,10-15,20-25,27-28H,2-3,6-9,16-19H2/i1D,2D2,3D2,4D,5D,6D2,7D2,8D2,9D2,14D,15D,16D,17D2,18D,19D2,21D,27D,28D. The SMILES string of the molecule is [2H]c1ccc(-c2nnnc(C3([2H])C([2H])C([2H])([2H])C([2H])([2H])C([2H])([2H])C3([2H])[2H])c2C2([2H])C([2H])C([2H])([2H])C([2H])([2H])C([2H])([2H])C2([2H])[2H])c(-c2c([2H])c([2H])c([2H])c([2H])c2[2H])c1-c1cccc2[se]c3ccccc3c12. The van der Waals surface area contributed by atoms with Crippen molar-refractivity contribution in [2.75, 3.05) is 0 Å². The molecule has 0 bridgehead atoms. The number of benzene rings is 4. The summed E-state index contributed by atoms with van der Waals surface area (Å²) in [6, 6.07) is 9.29. The summed E-state index contributed by atoms with van der Waals surface area (Å²) in [5.41, 5.74) is -6.27. The van der Waals surface area contributed by atoms with E-state index in [0.717, 1.165) is 20.7 Å². The molecule has 43 heavy (non-hydrogen) atoms. The Bertz CT molecular complexity index is 3120. The molecule has 8 rings (SSSR count). The summed E-state index contributed by atoms with van der Waals surface area (Å²) < 4.78 is 235. The quantitative estimate of drug-likeness (QED) is 0.174. The Balaban J connectivity index is 1.67. The van der Waals surface area contributed by atoms with Gasteiger partial charge in [0.25, 0.3) is 0 Å². The van der Waals surface area contributed by atoms with Crippen LogP contribution < -0.4 is 0 Å². The third-order valence-electron chi connectivity index (χ3n) is 7.06. The van der Waals surface area contributed by atoms with Gasteiger partial charge in [-0.25, -0.2) is 0 Å². The molecular formula is C39H37N3Se. The van der Waals surface area contributed by atoms with Gasteiger partial charge in [0.2, 0.25) is 0 Å². The van der Waals surface area contributed by atoms with Gasteiger partial charge < -0.3 is 0 Å². The maximum atomic E-state index is 10.1. The van der Waals surface area contributed by atoms with Crippen LogP contribution in [0, 0.1) is 0 Å². The topological polar surface area (TPSA) is 38.7 Å².